The summed E-state index contributed by atoms with van der Waals surface area (Å²) in [6.45, 7) is 4.50. The molecule has 0 aromatic heterocycles. The Balaban J connectivity index is 0.00000132. The molecule has 2 aliphatic rings. The van der Waals surface area contributed by atoms with Crippen molar-refractivity contribution in [1.29, 1.82) is 0 Å². The lowest BCUT2D eigenvalue weighted by molar-refractivity contribution is -0.118. The predicted octanol–water partition coefficient (Wildman–Crippen LogP) is 3.33. The highest BCUT2D eigenvalue weighted by atomic mass is 35.5. The molecule has 1 atom stereocenters. The van der Waals surface area contributed by atoms with Crippen molar-refractivity contribution in [3.8, 4) is 0 Å². The zero-order valence-electron chi connectivity index (χ0n) is 13.6. The number of nitrogens with one attached hydrogen (secondary N) is 1. The molecule has 1 aromatic rings. The molecule has 2 fully saturated rings. The van der Waals surface area contributed by atoms with Gasteiger partial charge in [0.25, 0.3) is 0 Å². The van der Waals surface area contributed by atoms with Crippen LogP contribution in [0.4, 0.5) is 5.69 Å². The number of benzene rings is 1. The normalized spacial score (nSPS) is 22.4. The van der Waals surface area contributed by atoms with E-state index in [1.54, 1.807) is 0 Å². The Bertz CT molecular complexity index is 517. The summed E-state index contributed by atoms with van der Waals surface area (Å²) in [5.74, 6) is -0.0556. The fraction of sp³-hybridized carbons (Fsp3) is 0.588. The smallest absolute Gasteiger partial charge is 0.244 e. The van der Waals surface area contributed by atoms with Crippen LogP contribution in [0.5, 0.6) is 0 Å². The summed E-state index contributed by atoms with van der Waals surface area (Å²) < 4.78 is 0. The Kier molecular flexibility index (Phi) is 7.33. The zero-order chi connectivity index (χ0) is 14.9. The third kappa shape index (κ3) is 5.08. The second kappa shape index (κ2) is 8.34. The van der Waals surface area contributed by atoms with Crippen molar-refractivity contribution in [2.75, 3.05) is 11.9 Å². The number of amides is 1. The number of halogens is 2. The minimum Gasteiger partial charge on any atom is -0.324 e. The third-order valence-corrected chi connectivity index (χ3v) is 4.78. The summed E-state index contributed by atoms with van der Waals surface area (Å²) in [5.41, 5.74) is 7.42. The van der Waals surface area contributed by atoms with Gasteiger partial charge >= 0.3 is 0 Å². The first-order valence-electron chi connectivity index (χ1n) is 8.00. The lowest BCUT2D eigenvalue weighted by atomic mass is 10.0. The number of hydrogen-bond acceptors (Lipinski definition) is 3. The second-order valence-electron chi connectivity index (χ2n) is 6.62. The average molecular weight is 360 g/mol. The van der Waals surface area contributed by atoms with Crippen molar-refractivity contribution in [2.45, 2.75) is 57.2 Å². The van der Waals surface area contributed by atoms with Crippen LogP contribution in [0.2, 0.25) is 0 Å². The highest BCUT2D eigenvalue weighted by molar-refractivity contribution is 6.00. The maximum atomic E-state index is 11.9. The Morgan fingerprint density at radius 2 is 1.91 bits per heavy atom. The molecule has 0 radical (unpaired) electrons. The van der Waals surface area contributed by atoms with Crippen molar-refractivity contribution < 1.29 is 4.79 Å². The van der Waals surface area contributed by atoms with Crippen LogP contribution in [-0.2, 0) is 11.3 Å². The first-order chi connectivity index (χ1) is 10.1. The second-order valence-corrected chi connectivity index (χ2v) is 6.62. The molecule has 0 spiro atoms. The fourth-order valence-corrected chi connectivity index (χ4v) is 2.94. The molecule has 6 heteroatoms. The van der Waals surface area contributed by atoms with Gasteiger partial charge in [-0.05, 0) is 56.8 Å². The van der Waals surface area contributed by atoms with E-state index >= 15 is 0 Å². The molecule has 1 amide bonds. The third-order valence-electron chi connectivity index (χ3n) is 4.78. The highest BCUT2D eigenvalue weighted by Gasteiger charge is 2.45. The van der Waals surface area contributed by atoms with E-state index in [0.717, 1.165) is 25.1 Å². The van der Waals surface area contributed by atoms with E-state index in [1.807, 2.05) is 12.1 Å². The first kappa shape index (κ1) is 20.2. The summed E-state index contributed by atoms with van der Waals surface area (Å²) >= 11 is 0. The van der Waals surface area contributed by atoms with Crippen LogP contribution in [0.1, 0.15) is 44.6 Å². The standard InChI is InChI=1S/C17H25N3O.2ClH/c1-13-4-2-3-11-20(13)12-14-5-7-15(8-6-14)19-16(21)17(18)9-10-17;;/h5-8,13H,2-4,9-12,18H2,1H3,(H,19,21);2*1H. The highest BCUT2D eigenvalue weighted by Crippen LogP contribution is 2.33. The van der Waals surface area contributed by atoms with Gasteiger partial charge in [0.05, 0.1) is 5.54 Å². The summed E-state index contributed by atoms with van der Waals surface area (Å²) in [5, 5.41) is 2.91. The predicted molar refractivity (Wildman–Crippen MR) is 99.4 cm³/mol. The van der Waals surface area contributed by atoms with Crippen LogP contribution in [0.25, 0.3) is 0 Å². The number of rotatable bonds is 4. The van der Waals surface area contributed by atoms with Crippen LogP contribution in [0.3, 0.4) is 0 Å². The summed E-state index contributed by atoms with van der Waals surface area (Å²) in [6, 6.07) is 8.84. The van der Waals surface area contributed by atoms with E-state index in [4.69, 9.17) is 5.73 Å². The van der Waals surface area contributed by atoms with E-state index in [-0.39, 0.29) is 30.7 Å². The first-order valence-corrected chi connectivity index (χ1v) is 8.00. The number of piperidine rings is 1. The van der Waals surface area contributed by atoms with Gasteiger partial charge in [-0.1, -0.05) is 18.6 Å². The van der Waals surface area contributed by atoms with Crippen LogP contribution < -0.4 is 11.1 Å². The number of carbonyl (C=O) groups excluding carboxylic acids is 1. The van der Waals surface area contributed by atoms with Crippen LogP contribution in [-0.4, -0.2) is 28.9 Å². The molecular formula is C17H27Cl2N3O. The molecule has 1 saturated carbocycles. The zero-order valence-corrected chi connectivity index (χ0v) is 15.2. The molecule has 1 heterocycles. The fourth-order valence-electron chi connectivity index (χ4n) is 2.94. The van der Waals surface area contributed by atoms with Crippen LogP contribution >= 0.6 is 24.8 Å². The maximum Gasteiger partial charge on any atom is 0.244 e. The molecule has 130 valence electrons. The number of carbonyl (C=O) groups is 1. The molecule has 1 aromatic carbocycles. The minimum atomic E-state index is -0.609. The van der Waals surface area contributed by atoms with Gasteiger partial charge in [0.2, 0.25) is 5.91 Å². The van der Waals surface area contributed by atoms with Gasteiger partial charge in [-0.25, -0.2) is 0 Å². The molecule has 1 unspecified atom stereocenters. The van der Waals surface area contributed by atoms with E-state index in [0.29, 0.717) is 6.04 Å². The monoisotopic (exact) mass is 359 g/mol. The number of anilines is 1. The summed E-state index contributed by atoms with van der Waals surface area (Å²) in [7, 11) is 0. The van der Waals surface area contributed by atoms with Crippen LogP contribution in [0, 0.1) is 0 Å². The van der Waals surface area contributed by atoms with E-state index < -0.39 is 5.54 Å². The number of likely N-dealkylation sites (tertiary alicyclic amines) is 1. The van der Waals surface area contributed by atoms with E-state index in [9.17, 15) is 4.79 Å². The number of nitrogens with zero attached hydrogens (tertiary/aromatic N) is 1. The van der Waals surface area contributed by atoms with Crippen molar-refractivity contribution in [3.63, 3.8) is 0 Å². The topological polar surface area (TPSA) is 58.4 Å². The SMILES string of the molecule is CC1CCCCN1Cc1ccc(NC(=O)C2(N)CC2)cc1.Cl.Cl. The Labute approximate surface area is 151 Å². The van der Waals surface area contributed by atoms with Crippen molar-refractivity contribution in [2.24, 2.45) is 5.73 Å². The molecule has 3 N–H and O–H groups in total. The van der Waals surface area contributed by atoms with Gasteiger partial charge in [0.1, 0.15) is 0 Å². The molecule has 1 aliphatic heterocycles. The largest absolute Gasteiger partial charge is 0.324 e. The van der Waals surface area contributed by atoms with E-state index in [2.05, 4.69) is 29.3 Å². The Morgan fingerprint density at radius 3 is 2.48 bits per heavy atom. The van der Waals surface area contributed by atoms with Gasteiger partial charge in [-0.3, -0.25) is 9.69 Å². The lowest BCUT2D eigenvalue weighted by Gasteiger charge is -2.33. The summed E-state index contributed by atoms with van der Waals surface area (Å²) in [6.07, 6.45) is 5.54. The maximum absolute atomic E-state index is 11.9. The average Bonchev–Trinajstić information content (AvgIpc) is 3.23. The lowest BCUT2D eigenvalue weighted by Crippen LogP contribution is -2.37. The quantitative estimate of drug-likeness (QED) is 0.866. The summed E-state index contributed by atoms with van der Waals surface area (Å²) in [4.78, 5) is 14.4. The van der Waals surface area contributed by atoms with Crippen LogP contribution in [0.15, 0.2) is 24.3 Å². The molecular weight excluding hydrogens is 333 g/mol. The van der Waals surface area contributed by atoms with Crippen molar-refractivity contribution in [1.82, 2.24) is 4.90 Å². The molecule has 3 rings (SSSR count). The molecule has 23 heavy (non-hydrogen) atoms. The van der Waals surface area contributed by atoms with Gasteiger partial charge in [-0.2, -0.15) is 0 Å². The molecule has 1 saturated heterocycles. The Morgan fingerprint density at radius 1 is 1.26 bits per heavy atom. The molecule has 1 aliphatic carbocycles. The Hall–Kier alpha value is -0.810. The van der Waals surface area contributed by atoms with Crippen molar-refractivity contribution in [3.05, 3.63) is 29.8 Å². The van der Waals surface area contributed by atoms with Gasteiger partial charge in [0.15, 0.2) is 0 Å². The molecule has 0 bridgehead atoms. The van der Waals surface area contributed by atoms with Gasteiger partial charge < -0.3 is 11.1 Å². The van der Waals surface area contributed by atoms with E-state index in [1.165, 1.54) is 31.4 Å². The minimum absolute atomic E-state index is 0. The van der Waals surface area contributed by atoms with Crippen molar-refractivity contribution >= 4 is 36.4 Å². The number of nitrogens with two attached hydrogens (primary N) is 1. The molecule has 4 nitrogen and oxygen atoms in total. The number of hydrogen-bond donors (Lipinski definition) is 2. The van der Waals surface area contributed by atoms with Gasteiger partial charge in [0, 0.05) is 18.3 Å². The van der Waals surface area contributed by atoms with Gasteiger partial charge in [-0.15, -0.1) is 24.8 Å².